The van der Waals surface area contributed by atoms with E-state index >= 15 is 0 Å². The van der Waals surface area contributed by atoms with Crippen LogP contribution in [0.1, 0.15) is 38.1 Å². The van der Waals surface area contributed by atoms with Crippen molar-refractivity contribution in [3.05, 3.63) is 29.8 Å². The second-order valence-electron chi connectivity index (χ2n) is 5.53. The van der Waals surface area contributed by atoms with Crippen molar-refractivity contribution in [2.45, 2.75) is 33.3 Å². The Morgan fingerprint density at radius 1 is 1.10 bits per heavy atom. The molecule has 2 amide bonds. The Balaban J connectivity index is 2.52. The fourth-order valence-corrected chi connectivity index (χ4v) is 1.54. The highest BCUT2D eigenvalue weighted by Gasteiger charge is 2.17. The van der Waals surface area contributed by atoms with Gasteiger partial charge in [0.25, 0.3) is 5.91 Å². The molecule has 6 nitrogen and oxygen atoms in total. The molecule has 0 atom stereocenters. The van der Waals surface area contributed by atoms with Crippen LogP contribution in [0, 0.1) is 0 Å². The van der Waals surface area contributed by atoms with Crippen LogP contribution >= 0.6 is 0 Å². The molecule has 0 aliphatic carbocycles. The first-order valence-corrected chi connectivity index (χ1v) is 6.55. The fourth-order valence-electron chi connectivity index (χ4n) is 1.54. The molecular weight excluding hydrogens is 272 g/mol. The molecule has 114 valence electrons. The summed E-state index contributed by atoms with van der Waals surface area (Å²) in [6.45, 7) is 6.49. The summed E-state index contributed by atoms with van der Waals surface area (Å²) >= 11 is 0. The molecule has 1 aromatic rings. The summed E-state index contributed by atoms with van der Waals surface area (Å²) in [6, 6.07) is 6.36. The van der Waals surface area contributed by atoms with Crippen LogP contribution in [-0.2, 0) is 14.3 Å². The second-order valence-corrected chi connectivity index (χ2v) is 5.53. The summed E-state index contributed by atoms with van der Waals surface area (Å²) in [4.78, 5) is 34.2. The Morgan fingerprint density at radius 3 is 2.14 bits per heavy atom. The lowest BCUT2D eigenvalue weighted by Gasteiger charge is -2.19. The molecule has 0 saturated carbocycles. The van der Waals surface area contributed by atoms with Crippen molar-refractivity contribution in [2.75, 3.05) is 11.9 Å². The summed E-state index contributed by atoms with van der Waals surface area (Å²) in [7, 11) is 0. The van der Waals surface area contributed by atoms with Gasteiger partial charge in [0, 0.05) is 18.2 Å². The molecule has 0 unspecified atom stereocenters. The largest absolute Gasteiger partial charge is 0.459 e. The Kier molecular flexibility index (Phi) is 5.46. The zero-order valence-electron chi connectivity index (χ0n) is 12.6. The van der Waals surface area contributed by atoms with Crippen LogP contribution in [0.5, 0.6) is 0 Å². The Morgan fingerprint density at radius 2 is 1.67 bits per heavy atom. The topological polar surface area (TPSA) is 84.5 Å². The van der Waals surface area contributed by atoms with Crippen LogP contribution in [0.15, 0.2) is 24.3 Å². The minimum absolute atomic E-state index is 0.183. The number of nitrogens with one attached hydrogen (secondary N) is 2. The molecular formula is C15H20N2O4. The van der Waals surface area contributed by atoms with Gasteiger partial charge in [-0.3, -0.25) is 14.4 Å². The van der Waals surface area contributed by atoms with Gasteiger partial charge in [-0.15, -0.1) is 0 Å². The maximum atomic E-state index is 11.8. The molecule has 2 N–H and O–H groups in total. The molecule has 0 bridgehead atoms. The summed E-state index contributed by atoms with van der Waals surface area (Å²) in [5.74, 6) is -1.06. The van der Waals surface area contributed by atoms with Crippen molar-refractivity contribution in [1.29, 1.82) is 0 Å². The first kappa shape index (κ1) is 16.7. The van der Waals surface area contributed by atoms with Gasteiger partial charge in [0.2, 0.25) is 5.91 Å². The van der Waals surface area contributed by atoms with Gasteiger partial charge in [-0.05, 0) is 45.0 Å². The molecule has 0 aromatic heterocycles. The monoisotopic (exact) mass is 292 g/mol. The maximum Gasteiger partial charge on any atom is 0.325 e. The number of hydrogen-bond acceptors (Lipinski definition) is 4. The molecule has 0 heterocycles. The highest BCUT2D eigenvalue weighted by Crippen LogP contribution is 2.10. The predicted octanol–water partition coefficient (Wildman–Crippen LogP) is 1.72. The van der Waals surface area contributed by atoms with Crippen LogP contribution in [-0.4, -0.2) is 29.9 Å². The van der Waals surface area contributed by atoms with Gasteiger partial charge < -0.3 is 15.4 Å². The lowest BCUT2D eigenvalue weighted by Crippen LogP contribution is -2.34. The number of anilines is 1. The Bertz CT molecular complexity index is 530. The Hall–Kier alpha value is -2.37. The first-order valence-electron chi connectivity index (χ1n) is 6.55. The number of rotatable bonds is 4. The third-order valence-corrected chi connectivity index (χ3v) is 2.28. The number of hydrogen-bond donors (Lipinski definition) is 2. The van der Waals surface area contributed by atoms with E-state index in [0.29, 0.717) is 11.3 Å². The summed E-state index contributed by atoms with van der Waals surface area (Å²) in [5, 5.41) is 5.08. The second kappa shape index (κ2) is 6.88. The summed E-state index contributed by atoms with van der Waals surface area (Å²) in [6.07, 6.45) is 0. The fraction of sp³-hybridized carbons (Fsp3) is 0.400. The zero-order chi connectivity index (χ0) is 16.0. The van der Waals surface area contributed by atoms with Gasteiger partial charge in [-0.1, -0.05) is 0 Å². The van der Waals surface area contributed by atoms with E-state index in [-0.39, 0.29) is 18.4 Å². The lowest BCUT2D eigenvalue weighted by atomic mass is 10.2. The van der Waals surface area contributed by atoms with Gasteiger partial charge >= 0.3 is 5.97 Å². The third-order valence-electron chi connectivity index (χ3n) is 2.28. The lowest BCUT2D eigenvalue weighted by molar-refractivity contribution is -0.153. The molecule has 0 spiro atoms. The third kappa shape index (κ3) is 6.56. The molecule has 0 saturated heterocycles. The summed E-state index contributed by atoms with van der Waals surface area (Å²) < 4.78 is 5.09. The van der Waals surface area contributed by atoms with E-state index in [2.05, 4.69) is 10.6 Å². The normalized spacial score (nSPS) is 10.7. The number of carbonyl (C=O) groups excluding carboxylic acids is 3. The summed E-state index contributed by atoms with van der Waals surface area (Å²) in [5.41, 5.74) is 0.417. The van der Waals surface area contributed by atoms with Crippen molar-refractivity contribution < 1.29 is 19.1 Å². The maximum absolute atomic E-state index is 11.8. The highest BCUT2D eigenvalue weighted by molar-refractivity contribution is 5.96. The average molecular weight is 292 g/mol. The first-order chi connectivity index (χ1) is 9.67. The predicted molar refractivity (Wildman–Crippen MR) is 78.9 cm³/mol. The van der Waals surface area contributed by atoms with Crippen molar-refractivity contribution in [3.63, 3.8) is 0 Å². The number of amides is 2. The molecule has 0 radical (unpaired) electrons. The van der Waals surface area contributed by atoms with Crippen LogP contribution in [0.3, 0.4) is 0 Å². The molecule has 0 aliphatic heterocycles. The molecule has 1 rings (SSSR count). The molecule has 1 aromatic carbocycles. The van der Waals surface area contributed by atoms with E-state index in [0.717, 1.165) is 0 Å². The van der Waals surface area contributed by atoms with Gasteiger partial charge in [0.05, 0.1) is 0 Å². The van der Waals surface area contributed by atoms with Crippen LogP contribution < -0.4 is 10.6 Å². The van der Waals surface area contributed by atoms with Gasteiger partial charge in [-0.25, -0.2) is 0 Å². The quantitative estimate of drug-likeness (QED) is 0.827. The average Bonchev–Trinajstić information content (AvgIpc) is 2.34. The van der Waals surface area contributed by atoms with E-state index < -0.39 is 11.6 Å². The van der Waals surface area contributed by atoms with Gasteiger partial charge in [0.1, 0.15) is 12.1 Å². The molecule has 0 fully saturated rings. The van der Waals surface area contributed by atoms with E-state index in [9.17, 15) is 14.4 Å². The van der Waals surface area contributed by atoms with Gasteiger partial charge in [-0.2, -0.15) is 0 Å². The molecule has 0 aliphatic rings. The number of carbonyl (C=O) groups is 3. The molecule has 21 heavy (non-hydrogen) atoms. The van der Waals surface area contributed by atoms with Crippen LogP contribution in [0.25, 0.3) is 0 Å². The minimum Gasteiger partial charge on any atom is -0.459 e. The minimum atomic E-state index is -0.582. The smallest absolute Gasteiger partial charge is 0.325 e. The number of ether oxygens (including phenoxy) is 1. The number of esters is 1. The van der Waals surface area contributed by atoms with Crippen molar-refractivity contribution >= 4 is 23.5 Å². The number of benzene rings is 1. The van der Waals surface area contributed by atoms with Crippen LogP contribution in [0.4, 0.5) is 5.69 Å². The standard InChI is InChI=1S/C15H20N2O4/c1-10(18)17-12-7-5-11(6-8-12)14(20)16-9-13(19)21-15(2,3)4/h5-8H,9H2,1-4H3,(H,16,20)(H,17,18). The zero-order valence-corrected chi connectivity index (χ0v) is 12.6. The molecule has 6 heteroatoms. The van der Waals surface area contributed by atoms with Crippen molar-refractivity contribution in [3.8, 4) is 0 Å². The highest BCUT2D eigenvalue weighted by atomic mass is 16.6. The van der Waals surface area contributed by atoms with E-state index in [1.54, 1.807) is 45.0 Å². The van der Waals surface area contributed by atoms with Crippen molar-refractivity contribution in [1.82, 2.24) is 5.32 Å². The SMILES string of the molecule is CC(=O)Nc1ccc(C(=O)NCC(=O)OC(C)(C)C)cc1. The van der Waals surface area contributed by atoms with Crippen molar-refractivity contribution in [2.24, 2.45) is 0 Å². The van der Waals surface area contributed by atoms with E-state index in [4.69, 9.17) is 4.74 Å². The van der Waals surface area contributed by atoms with Crippen LogP contribution in [0.2, 0.25) is 0 Å². The van der Waals surface area contributed by atoms with E-state index in [1.807, 2.05) is 0 Å². The van der Waals surface area contributed by atoms with Gasteiger partial charge in [0.15, 0.2) is 0 Å². The van der Waals surface area contributed by atoms with E-state index in [1.165, 1.54) is 6.92 Å². The Labute approximate surface area is 123 Å².